The molecular weight excluding hydrogens is 324 g/mol. The van der Waals surface area contributed by atoms with Crippen LogP contribution in [0.5, 0.6) is 0 Å². The molecule has 3 aromatic rings. The molecule has 132 valence electrons. The van der Waals surface area contributed by atoms with Gasteiger partial charge in [0, 0.05) is 55.3 Å². The van der Waals surface area contributed by atoms with Crippen molar-refractivity contribution in [1.82, 2.24) is 19.7 Å². The monoisotopic (exact) mass is 346 g/mol. The van der Waals surface area contributed by atoms with Gasteiger partial charge in [0.2, 0.25) is 0 Å². The molecule has 0 bridgehead atoms. The lowest BCUT2D eigenvalue weighted by atomic mass is 9.92. The van der Waals surface area contributed by atoms with Crippen molar-refractivity contribution in [2.75, 3.05) is 13.1 Å². The zero-order valence-corrected chi connectivity index (χ0v) is 15.1. The van der Waals surface area contributed by atoms with Crippen LogP contribution >= 0.6 is 0 Å². The largest absolute Gasteiger partial charge is 0.337 e. The van der Waals surface area contributed by atoms with Gasteiger partial charge in [-0.05, 0) is 35.7 Å². The van der Waals surface area contributed by atoms with E-state index in [2.05, 4.69) is 23.1 Å². The topological polar surface area (TPSA) is 51.0 Å². The second-order valence-electron chi connectivity index (χ2n) is 6.76. The van der Waals surface area contributed by atoms with Gasteiger partial charge in [-0.25, -0.2) is 0 Å². The van der Waals surface area contributed by atoms with E-state index in [-0.39, 0.29) is 5.91 Å². The summed E-state index contributed by atoms with van der Waals surface area (Å²) >= 11 is 0. The van der Waals surface area contributed by atoms with Gasteiger partial charge in [0.15, 0.2) is 0 Å². The number of carbonyl (C=O) groups excluding carboxylic acids is 1. The standard InChI is InChI=1S/C21H22N4O/c1-3-20-19(12-23-24(20)2)15-6-4-7-16(10-15)21(26)25-13-18(14-25)17-8-5-9-22-11-17/h4-12,18H,3,13-14H2,1-2H3. The van der Waals surface area contributed by atoms with E-state index in [4.69, 9.17) is 0 Å². The molecule has 0 saturated carbocycles. The van der Waals surface area contributed by atoms with E-state index in [1.54, 1.807) is 6.20 Å². The maximum absolute atomic E-state index is 12.8. The molecule has 4 rings (SSSR count). The second-order valence-corrected chi connectivity index (χ2v) is 6.76. The first-order valence-electron chi connectivity index (χ1n) is 8.98. The molecule has 0 unspecified atom stereocenters. The van der Waals surface area contributed by atoms with Crippen LogP contribution in [0.15, 0.2) is 55.0 Å². The highest BCUT2D eigenvalue weighted by atomic mass is 16.2. The number of hydrogen-bond acceptors (Lipinski definition) is 3. The third-order valence-corrected chi connectivity index (χ3v) is 5.14. The molecule has 0 spiro atoms. The van der Waals surface area contributed by atoms with Crippen LogP contribution in [0.25, 0.3) is 11.1 Å². The van der Waals surface area contributed by atoms with Crippen molar-refractivity contribution in [2.45, 2.75) is 19.3 Å². The first kappa shape index (κ1) is 16.5. The van der Waals surface area contributed by atoms with Crippen LogP contribution in [0.3, 0.4) is 0 Å². The summed E-state index contributed by atoms with van der Waals surface area (Å²) in [7, 11) is 1.95. The third-order valence-electron chi connectivity index (χ3n) is 5.14. The Balaban J connectivity index is 1.51. The summed E-state index contributed by atoms with van der Waals surface area (Å²) < 4.78 is 1.90. The van der Waals surface area contributed by atoms with Gasteiger partial charge in [0.25, 0.3) is 5.91 Å². The number of carbonyl (C=O) groups is 1. The van der Waals surface area contributed by atoms with Crippen LogP contribution in [0.2, 0.25) is 0 Å². The minimum atomic E-state index is 0.0916. The Kier molecular flexibility index (Phi) is 4.29. The molecule has 1 aliphatic rings. The molecule has 5 nitrogen and oxygen atoms in total. The SMILES string of the molecule is CCc1c(-c2cccc(C(=O)N3CC(c4cccnc4)C3)c2)cnn1C. The highest BCUT2D eigenvalue weighted by Gasteiger charge is 2.32. The van der Waals surface area contributed by atoms with Crippen LogP contribution in [0, 0.1) is 0 Å². The Morgan fingerprint density at radius 1 is 1.19 bits per heavy atom. The molecule has 1 fully saturated rings. The van der Waals surface area contributed by atoms with Gasteiger partial charge < -0.3 is 4.90 Å². The number of aromatic nitrogens is 3. The zero-order chi connectivity index (χ0) is 18.1. The highest BCUT2D eigenvalue weighted by molar-refractivity contribution is 5.96. The first-order chi connectivity index (χ1) is 12.7. The minimum Gasteiger partial charge on any atom is -0.337 e. The lowest BCUT2D eigenvalue weighted by Gasteiger charge is -2.39. The molecule has 1 saturated heterocycles. The molecule has 26 heavy (non-hydrogen) atoms. The fourth-order valence-corrected chi connectivity index (χ4v) is 3.60. The molecule has 1 aliphatic heterocycles. The summed E-state index contributed by atoms with van der Waals surface area (Å²) in [5.74, 6) is 0.481. The van der Waals surface area contributed by atoms with E-state index in [0.717, 1.165) is 36.2 Å². The van der Waals surface area contributed by atoms with Gasteiger partial charge in [-0.15, -0.1) is 0 Å². The predicted molar refractivity (Wildman–Crippen MR) is 101 cm³/mol. The van der Waals surface area contributed by atoms with Crippen LogP contribution in [0.4, 0.5) is 0 Å². The van der Waals surface area contributed by atoms with Crippen LogP contribution in [0.1, 0.15) is 34.5 Å². The summed E-state index contributed by atoms with van der Waals surface area (Å²) in [6.07, 6.45) is 6.45. The fourth-order valence-electron chi connectivity index (χ4n) is 3.60. The third kappa shape index (κ3) is 2.90. The van der Waals surface area contributed by atoms with Crippen LogP contribution in [-0.4, -0.2) is 38.7 Å². The smallest absolute Gasteiger partial charge is 0.253 e. The normalized spacial score (nSPS) is 14.3. The molecule has 2 aromatic heterocycles. The van der Waals surface area contributed by atoms with Crippen molar-refractivity contribution in [3.8, 4) is 11.1 Å². The molecule has 3 heterocycles. The van der Waals surface area contributed by atoms with E-state index in [0.29, 0.717) is 5.92 Å². The Bertz CT molecular complexity index is 926. The summed E-state index contributed by atoms with van der Waals surface area (Å²) in [5, 5.41) is 4.36. The Morgan fingerprint density at radius 3 is 2.77 bits per heavy atom. The van der Waals surface area contributed by atoms with Gasteiger partial charge in [0.1, 0.15) is 0 Å². The Morgan fingerprint density at radius 2 is 2.04 bits per heavy atom. The molecule has 0 N–H and O–H groups in total. The van der Waals surface area contributed by atoms with Crippen molar-refractivity contribution in [2.24, 2.45) is 7.05 Å². The molecule has 0 aliphatic carbocycles. The van der Waals surface area contributed by atoms with Crippen LogP contribution in [-0.2, 0) is 13.5 Å². The van der Waals surface area contributed by atoms with E-state index < -0.39 is 0 Å². The van der Waals surface area contributed by atoms with Gasteiger partial charge in [-0.1, -0.05) is 25.1 Å². The summed E-state index contributed by atoms with van der Waals surface area (Å²) in [5.41, 5.74) is 5.26. The van der Waals surface area contributed by atoms with Crippen molar-refractivity contribution in [1.29, 1.82) is 0 Å². The molecular formula is C21H22N4O. The molecule has 1 aromatic carbocycles. The number of rotatable bonds is 4. The van der Waals surface area contributed by atoms with Gasteiger partial charge in [-0.3, -0.25) is 14.5 Å². The van der Waals surface area contributed by atoms with Crippen molar-refractivity contribution in [3.05, 3.63) is 71.8 Å². The number of benzene rings is 1. The summed E-state index contributed by atoms with van der Waals surface area (Å²) in [6, 6.07) is 11.9. The molecule has 0 radical (unpaired) electrons. The molecule has 5 heteroatoms. The number of hydrogen-bond donors (Lipinski definition) is 0. The minimum absolute atomic E-state index is 0.0916. The number of aryl methyl sites for hydroxylation is 1. The van der Waals surface area contributed by atoms with Crippen molar-refractivity contribution in [3.63, 3.8) is 0 Å². The lowest BCUT2D eigenvalue weighted by molar-refractivity contribution is 0.0602. The van der Waals surface area contributed by atoms with E-state index >= 15 is 0 Å². The second kappa shape index (κ2) is 6.75. The van der Waals surface area contributed by atoms with E-state index in [1.807, 2.05) is 59.4 Å². The maximum atomic E-state index is 12.8. The van der Waals surface area contributed by atoms with E-state index in [1.165, 1.54) is 11.3 Å². The summed E-state index contributed by atoms with van der Waals surface area (Å²) in [4.78, 5) is 18.9. The fraction of sp³-hybridized carbons (Fsp3) is 0.286. The Hall–Kier alpha value is -2.95. The number of nitrogens with zero attached hydrogens (tertiary/aromatic N) is 4. The lowest BCUT2D eigenvalue weighted by Crippen LogP contribution is -2.48. The highest BCUT2D eigenvalue weighted by Crippen LogP contribution is 2.29. The zero-order valence-electron chi connectivity index (χ0n) is 15.1. The predicted octanol–water partition coefficient (Wildman–Crippen LogP) is 3.28. The molecule has 0 atom stereocenters. The van der Waals surface area contributed by atoms with Gasteiger partial charge in [-0.2, -0.15) is 5.10 Å². The molecule has 1 amide bonds. The average molecular weight is 346 g/mol. The Labute approximate surface area is 153 Å². The first-order valence-corrected chi connectivity index (χ1v) is 8.98. The number of amides is 1. The van der Waals surface area contributed by atoms with E-state index in [9.17, 15) is 4.79 Å². The maximum Gasteiger partial charge on any atom is 0.253 e. The van der Waals surface area contributed by atoms with Crippen LogP contribution < -0.4 is 0 Å². The number of pyridine rings is 1. The van der Waals surface area contributed by atoms with Crippen molar-refractivity contribution < 1.29 is 4.79 Å². The van der Waals surface area contributed by atoms with Crippen molar-refractivity contribution >= 4 is 5.91 Å². The quantitative estimate of drug-likeness (QED) is 0.728. The summed E-state index contributed by atoms with van der Waals surface area (Å²) in [6.45, 7) is 3.62. The van der Waals surface area contributed by atoms with Gasteiger partial charge >= 0.3 is 0 Å². The van der Waals surface area contributed by atoms with Gasteiger partial charge in [0.05, 0.1) is 6.20 Å². The number of likely N-dealkylation sites (tertiary alicyclic amines) is 1. The average Bonchev–Trinajstić information content (AvgIpc) is 3.02.